The lowest BCUT2D eigenvalue weighted by atomic mass is 9.94. The number of nitrogens with one attached hydrogen (secondary N) is 2. The van der Waals surface area contributed by atoms with Crippen LogP contribution >= 0.6 is 0 Å². The second-order valence-corrected chi connectivity index (χ2v) is 5.47. The zero-order valence-electron chi connectivity index (χ0n) is 11.7. The number of hydrogen-bond donors (Lipinski definition) is 2. The molecule has 0 bridgehead atoms. The molecule has 1 heterocycles. The van der Waals surface area contributed by atoms with Crippen LogP contribution in [0.15, 0.2) is 0 Å². The number of carbonyl (C=O) groups excluding carboxylic acids is 2. The lowest BCUT2D eigenvalue weighted by Crippen LogP contribution is -2.43. The Hall–Kier alpha value is -1.06. The molecule has 1 aliphatic heterocycles. The summed E-state index contributed by atoms with van der Waals surface area (Å²) in [5, 5.41) is 4.99. The van der Waals surface area contributed by atoms with Crippen LogP contribution in [0.2, 0.25) is 0 Å². The van der Waals surface area contributed by atoms with Crippen LogP contribution in [0.25, 0.3) is 0 Å². The quantitative estimate of drug-likeness (QED) is 0.490. The Labute approximate surface area is 110 Å². The van der Waals surface area contributed by atoms with Crippen molar-refractivity contribution in [2.45, 2.75) is 77.2 Å². The first-order valence-electron chi connectivity index (χ1n) is 7.22. The van der Waals surface area contributed by atoms with E-state index in [4.69, 9.17) is 0 Å². The molecule has 1 rings (SSSR count). The molecule has 0 saturated carbocycles. The van der Waals surface area contributed by atoms with Gasteiger partial charge in [0.15, 0.2) is 0 Å². The summed E-state index contributed by atoms with van der Waals surface area (Å²) in [4.78, 5) is 22.6. The van der Waals surface area contributed by atoms with Gasteiger partial charge in [0.2, 0.25) is 0 Å². The van der Waals surface area contributed by atoms with E-state index in [0.29, 0.717) is 0 Å². The molecule has 1 aliphatic rings. The van der Waals surface area contributed by atoms with Gasteiger partial charge in [0.25, 0.3) is 5.91 Å². The van der Waals surface area contributed by atoms with Crippen LogP contribution in [-0.4, -0.2) is 17.5 Å². The van der Waals surface area contributed by atoms with Gasteiger partial charge < -0.3 is 5.32 Å². The van der Waals surface area contributed by atoms with Gasteiger partial charge in [-0.05, 0) is 13.3 Å². The minimum absolute atomic E-state index is 0.185. The number of rotatable bonds is 9. The van der Waals surface area contributed by atoms with E-state index in [1.54, 1.807) is 6.92 Å². The van der Waals surface area contributed by atoms with Crippen molar-refractivity contribution in [3.8, 4) is 0 Å². The molecule has 0 aromatic rings. The Morgan fingerprint density at radius 3 is 2.00 bits per heavy atom. The van der Waals surface area contributed by atoms with Crippen molar-refractivity contribution in [3.63, 3.8) is 0 Å². The summed E-state index contributed by atoms with van der Waals surface area (Å²) >= 11 is 0. The highest BCUT2D eigenvalue weighted by Gasteiger charge is 2.40. The van der Waals surface area contributed by atoms with Gasteiger partial charge in [-0.15, -0.1) is 0 Å². The van der Waals surface area contributed by atoms with Gasteiger partial charge in [0, 0.05) is 0 Å². The predicted molar refractivity (Wildman–Crippen MR) is 72.3 cm³/mol. The predicted octanol–water partition coefficient (Wildman–Crippen LogP) is 3.12. The minimum Gasteiger partial charge on any atom is -0.324 e. The van der Waals surface area contributed by atoms with E-state index in [1.807, 2.05) is 0 Å². The number of unbranched alkanes of at least 4 members (excludes halogenated alkanes) is 7. The maximum atomic E-state index is 11.6. The molecule has 2 N–H and O–H groups in total. The van der Waals surface area contributed by atoms with Gasteiger partial charge in [-0.1, -0.05) is 58.3 Å². The molecule has 3 amide bonds. The Balaban J connectivity index is 2.04. The molecule has 1 fully saturated rings. The van der Waals surface area contributed by atoms with Crippen molar-refractivity contribution in [3.05, 3.63) is 0 Å². The first-order chi connectivity index (χ1) is 8.58. The molecule has 4 nitrogen and oxygen atoms in total. The normalized spacial score (nSPS) is 23.0. The van der Waals surface area contributed by atoms with Crippen LogP contribution in [0, 0.1) is 0 Å². The number of urea groups is 1. The third-order valence-corrected chi connectivity index (χ3v) is 3.65. The molecular formula is C14H26N2O2. The van der Waals surface area contributed by atoms with Crippen LogP contribution in [0.1, 0.15) is 71.6 Å². The van der Waals surface area contributed by atoms with Crippen LogP contribution in [0.3, 0.4) is 0 Å². The van der Waals surface area contributed by atoms with Crippen LogP contribution in [-0.2, 0) is 4.79 Å². The second kappa shape index (κ2) is 7.39. The van der Waals surface area contributed by atoms with Crippen molar-refractivity contribution in [2.24, 2.45) is 0 Å². The first-order valence-corrected chi connectivity index (χ1v) is 7.22. The van der Waals surface area contributed by atoms with Gasteiger partial charge in [-0.3, -0.25) is 10.1 Å². The maximum absolute atomic E-state index is 11.6. The summed E-state index contributed by atoms with van der Waals surface area (Å²) in [6, 6.07) is -0.359. The average Bonchev–Trinajstić information content (AvgIpc) is 2.57. The largest absolute Gasteiger partial charge is 0.324 e. The van der Waals surface area contributed by atoms with Crippen molar-refractivity contribution < 1.29 is 9.59 Å². The van der Waals surface area contributed by atoms with Gasteiger partial charge in [-0.25, -0.2) is 4.79 Å². The Morgan fingerprint density at radius 2 is 1.50 bits per heavy atom. The summed E-state index contributed by atoms with van der Waals surface area (Å²) in [7, 11) is 0. The third kappa shape index (κ3) is 4.67. The minimum atomic E-state index is -0.681. The summed E-state index contributed by atoms with van der Waals surface area (Å²) in [6.07, 6.45) is 10.7. The smallest absolute Gasteiger partial charge is 0.322 e. The van der Waals surface area contributed by atoms with Gasteiger partial charge >= 0.3 is 6.03 Å². The zero-order chi connectivity index (χ0) is 13.4. The van der Waals surface area contributed by atoms with Gasteiger partial charge in [0.1, 0.15) is 5.54 Å². The lowest BCUT2D eigenvalue weighted by molar-refractivity contribution is -0.123. The molecule has 0 aliphatic carbocycles. The fourth-order valence-corrected chi connectivity index (χ4v) is 2.37. The fraction of sp³-hybridized carbons (Fsp3) is 0.857. The highest BCUT2D eigenvalue weighted by molar-refractivity contribution is 6.06. The molecule has 0 aromatic carbocycles. The molecule has 1 saturated heterocycles. The van der Waals surface area contributed by atoms with Crippen molar-refractivity contribution >= 4 is 11.9 Å². The summed E-state index contributed by atoms with van der Waals surface area (Å²) < 4.78 is 0. The topological polar surface area (TPSA) is 58.2 Å². The van der Waals surface area contributed by atoms with E-state index in [1.165, 1.54) is 38.5 Å². The standard InChI is InChI=1S/C14H26N2O2/c1-3-4-5-6-7-8-9-10-11-14(2)12(17)15-13(18)16-14/h3-11H2,1-2H3,(H2,15,16,17,18). The number of imide groups is 1. The molecule has 0 radical (unpaired) electrons. The Kier molecular flexibility index (Phi) is 6.16. The molecule has 1 atom stereocenters. The number of hydrogen-bond acceptors (Lipinski definition) is 2. The zero-order valence-corrected chi connectivity index (χ0v) is 11.7. The summed E-state index contributed by atoms with van der Waals surface area (Å²) in [5.74, 6) is -0.185. The van der Waals surface area contributed by atoms with Crippen molar-refractivity contribution in [2.75, 3.05) is 0 Å². The molecular weight excluding hydrogens is 228 g/mol. The maximum Gasteiger partial charge on any atom is 0.322 e. The number of amides is 3. The number of carbonyl (C=O) groups is 2. The second-order valence-electron chi connectivity index (χ2n) is 5.47. The SMILES string of the molecule is CCCCCCCCCCC1(C)NC(=O)NC1=O. The van der Waals surface area contributed by atoms with Crippen molar-refractivity contribution in [1.82, 2.24) is 10.6 Å². The van der Waals surface area contributed by atoms with Crippen molar-refractivity contribution in [1.29, 1.82) is 0 Å². The molecule has 104 valence electrons. The van der Waals surface area contributed by atoms with E-state index < -0.39 is 5.54 Å². The molecule has 1 unspecified atom stereocenters. The van der Waals surface area contributed by atoms with E-state index in [9.17, 15) is 9.59 Å². The van der Waals surface area contributed by atoms with Crippen LogP contribution in [0.4, 0.5) is 4.79 Å². The first kappa shape index (κ1) is 15.0. The third-order valence-electron chi connectivity index (χ3n) is 3.65. The van der Waals surface area contributed by atoms with Crippen LogP contribution in [0.5, 0.6) is 0 Å². The van der Waals surface area contributed by atoms with E-state index in [-0.39, 0.29) is 11.9 Å². The Bertz CT molecular complexity index is 292. The van der Waals surface area contributed by atoms with Crippen LogP contribution < -0.4 is 10.6 Å². The Morgan fingerprint density at radius 1 is 0.944 bits per heavy atom. The highest BCUT2D eigenvalue weighted by atomic mass is 16.2. The monoisotopic (exact) mass is 254 g/mol. The fourth-order valence-electron chi connectivity index (χ4n) is 2.37. The highest BCUT2D eigenvalue weighted by Crippen LogP contribution is 2.19. The summed E-state index contributed by atoms with van der Waals surface area (Å²) in [6.45, 7) is 4.02. The summed E-state index contributed by atoms with van der Waals surface area (Å²) in [5.41, 5.74) is -0.681. The van der Waals surface area contributed by atoms with Gasteiger partial charge in [-0.2, -0.15) is 0 Å². The molecule has 18 heavy (non-hydrogen) atoms. The van der Waals surface area contributed by atoms with E-state index >= 15 is 0 Å². The van der Waals surface area contributed by atoms with Gasteiger partial charge in [0.05, 0.1) is 0 Å². The molecule has 4 heteroatoms. The molecule has 0 spiro atoms. The molecule has 0 aromatic heterocycles. The van der Waals surface area contributed by atoms with E-state index in [0.717, 1.165) is 19.3 Å². The average molecular weight is 254 g/mol. The van der Waals surface area contributed by atoms with E-state index in [2.05, 4.69) is 17.6 Å². The lowest BCUT2D eigenvalue weighted by Gasteiger charge is -2.19.